The number of nitrogens with one attached hydrogen (secondary N) is 1. The average molecular weight is 368 g/mol. The summed E-state index contributed by atoms with van der Waals surface area (Å²) >= 11 is 0. The van der Waals surface area contributed by atoms with E-state index < -0.39 is 34.5 Å². The maximum atomic E-state index is 12.6. The molecule has 1 aromatic carbocycles. The van der Waals surface area contributed by atoms with E-state index in [1.165, 1.54) is 31.2 Å². The van der Waals surface area contributed by atoms with Gasteiger partial charge in [0.25, 0.3) is 11.2 Å². The number of aromatic hydroxyl groups is 1. The summed E-state index contributed by atoms with van der Waals surface area (Å²) in [5, 5.41) is 24.8. The van der Waals surface area contributed by atoms with E-state index in [1.807, 2.05) is 0 Å². The first-order chi connectivity index (χ1) is 12.1. The predicted molar refractivity (Wildman–Crippen MR) is 84.1 cm³/mol. The first-order valence-corrected chi connectivity index (χ1v) is 7.23. The van der Waals surface area contributed by atoms with Gasteiger partial charge in [-0.15, -0.1) is 0 Å². The molecule has 26 heavy (non-hydrogen) atoms. The molecular weight excluding hydrogens is 357 g/mol. The van der Waals surface area contributed by atoms with Gasteiger partial charge in [0.15, 0.2) is 0 Å². The molecule has 0 unspecified atom stereocenters. The lowest BCUT2D eigenvalue weighted by atomic mass is 10.1. The van der Waals surface area contributed by atoms with E-state index in [9.17, 15) is 33.2 Å². The maximum Gasteiger partial charge on any atom is 0.393 e. The van der Waals surface area contributed by atoms with E-state index >= 15 is 0 Å². The van der Waals surface area contributed by atoms with E-state index in [0.717, 1.165) is 4.52 Å². The summed E-state index contributed by atoms with van der Waals surface area (Å²) in [5.74, 6) is -0.905. The van der Waals surface area contributed by atoms with Crippen molar-refractivity contribution in [3.8, 4) is 17.0 Å². The third-order valence-corrected chi connectivity index (χ3v) is 3.78. The Hall–Kier alpha value is -3.37. The molecule has 2 N–H and O–H groups in total. The van der Waals surface area contributed by atoms with E-state index in [0.29, 0.717) is 16.8 Å². The van der Waals surface area contributed by atoms with Crippen molar-refractivity contribution in [3.05, 3.63) is 56.0 Å². The summed E-state index contributed by atoms with van der Waals surface area (Å²) in [6.45, 7) is 1.53. The normalized spacial score (nSPS) is 11.8. The largest absolute Gasteiger partial charge is 0.493 e. The molecule has 0 saturated carbocycles. The molecule has 0 aliphatic heterocycles. The minimum absolute atomic E-state index is 0.00947. The van der Waals surface area contributed by atoms with Crippen molar-refractivity contribution in [2.24, 2.45) is 0 Å². The molecule has 0 atom stereocenters. The summed E-state index contributed by atoms with van der Waals surface area (Å²) in [6.07, 6.45) is -6.28. The van der Waals surface area contributed by atoms with Crippen LogP contribution < -0.4 is 5.56 Å². The standard InChI is InChI=1S/C15H11F3N4O4/c1-7-11(8-2-4-9(5-3-8)22(25)26)12-19-13(23)10(6-15(16,17)18)14(24)21(12)20-7/h2-5,24H,6H2,1H3,(H,19,23). The Morgan fingerprint density at radius 2 is 1.92 bits per heavy atom. The molecule has 2 aromatic heterocycles. The van der Waals surface area contributed by atoms with E-state index in [4.69, 9.17) is 0 Å². The topological polar surface area (TPSA) is 114 Å². The Labute approximate surface area is 142 Å². The van der Waals surface area contributed by atoms with Gasteiger partial charge in [0.2, 0.25) is 5.88 Å². The molecule has 0 fully saturated rings. The second-order valence-electron chi connectivity index (χ2n) is 5.57. The lowest BCUT2D eigenvalue weighted by Gasteiger charge is -2.08. The number of hydrogen-bond acceptors (Lipinski definition) is 5. The van der Waals surface area contributed by atoms with Crippen LogP contribution in [0.3, 0.4) is 0 Å². The maximum absolute atomic E-state index is 12.6. The molecule has 0 bridgehead atoms. The number of hydrogen-bond donors (Lipinski definition) is 2. The minimum atomic E-state index is -4.68. The zero-order valence-electron chi connectivity index (χ0n) is 13.2. The fourth-order valence-electron chi connectivity index (χ4n) is 2.66. The summed E-state index contributed by atoms with van der Waals surface area (Å²) in [6, 6.07) is 5.32. The number of aromatic amines is 1. The Morgan fingerprint density at radius 3 is 2.46 bits per heavy atom. The van der Waals surface area contributed by atoms with Crippen LogP contribution in [-0.2, 0) is 6.42 Å². The molecule has 0 saturated heterocycles. The van der Waals surface area contributed by atoms with Crippen LogP contribution in [0.25, 0.3) is 16.8 Å². The van der Waals surface area contributed by atoms with Gasteiger partial charge in [-0.2, -0.15) is 22.8 Å². The van der Waals surface area contributed by atoms with Gasteiger partial charge in [0.05, 0.1) is 22.6 Å². The first kappa shape index (κ1) is 17.5. The molecule has 136 valence electrons. The van der Waals surface area contributed by atoms with Gasteiger partial charge < -0.3 is 10.1 Å². The summed E-state index contributed by atoms with van der Waals surface area (Å²) in [7, 11) is 0. The lowest BCUT2D eigenvalue weighted by Crippen LogP contribution is -2.22. The van der Waals surface area contributed by atoms with Crippen molar-refractivity contribution in [1.29, 1.82) is 0 Å². The second kappa shape index (κ2) is 5.86. The number of rotatable bonds is 3. The van der Waals surface area contributed by atoms with Crippen LogP contribution in [-0.4, -0.2) is 30.8 Å². The van der Waals surface area contributed by atoms with Crippen LogP contribution in [0.2, 0.25) is 0 Å². The van der Waals surface area contributed by atoms with Gasteiger partial charge in [0.1, 0.15) is 5.65 Å². The molecule has 0 amide bonds. The Kier molecular flexibility index (Phi) is 3.93. The molecule has 11 heteroatoms. The fraction of sp³-hybridized carbons (Fsp3) is 0.200. The highest BCUT2D eigenvalue weighted by molar-refractivity contribution is 5.80. The number of nitrogens with zero attached hydrogens (tertiary/aromatic N) is 3. The third-order valence-electron chi connectivity index (χ3n) is 3.78. The molecule has 0 radical (unpaired) electrons. The zero-order chi connectivity index (χ0) is 19.2. The number of benzene rings is 1. The molecule has 0 spiro atoms. The van der Waals surface area contributed by atoms with Crippen LogP contribution in [0.4, 0.5) is 18.9 Å². The SMILES string of the molecule is Cc1nn2c(O)c(CC(F)(F)F)c(=O)[nH]c2c1-c1ccc([N+](=O)[O-])cc1. The number of nitro groups is 1. The molecule has 2 heterocycles. The summed E-state index contributed by atoms with van der Waals surface area (Å²) < 4.78 is 38.6. The van der Waals surface area contributed by atoms with Crippen molar-refractivity contribution < 1.29 is 23.2 Å². The van der Waals surface area contributed by atoms with Crippen LogP contribution >= 0.6 is 0 Å². The van der Waals surface area contributed by atoms with E-state index in [2.05, 4.69) is 10.1 Å². The molecule has 0 aliphatic rings. The van der Waals surface area contributed by atoms with Crippen molar-refractivity contribution in [1.82, 2.24) is 14.6 Å². The van der Waals surface area contributed by atoms with E-state index in [-0.39, 0.29) is 11.3 Å². The van der Waals surface area contributed by atoms with Crippen LogP contribution in [0.1, 0.15) is 11.3 Å². The smallest absolute Gasteiger partial charge is 0.393 e. The monoisotopic (exact) mass is 368 g/mol. The molecule has 3 aromatic rings. The van der Waals surface area contributed by atoms with Crippen LogP contribution in [0.5, 0.6) is 5.88 Å². The van der Waals surface area contributed by atoms with Gasteiger partial charge in [-0.3, -0.25) is 14.9 Å². The summed E-state index contributed by atoms with van der Waals surface area (Å²) in [4.78, 5) is 24.5. The van der Waals surface area contributed by atoms with Crippen molar-refractivity contribution in [3.63, 3.8) is 0 Å². The highest BCUT2D eigenvalue weighted by Crippen LogP contribution is 2.31. The fourth-order valence-corrected chi connectivity index (χ4v) is 2.66. The molecule has 3 rings (SSSR count). The molecule has 8 nitrogen and oxygen atoms in total. The minimum Gasteiger partial charge on any atom is -0.493 e. The number of aromatic nitrogens is 3. The quantitative estimate of drug-likeness (QED) is 0.545. The van der Waals surface area contributed by atoms with Gasteiger partial charge in [-0.05, 0) is 24.6 Å². The van der Waals surface area contributed by atoms with Gasteiger partial charge in [0, 0.05) is 17.7 Å². The third kappa shape index (κ3) is 2.98. The number of non-ortho nitro benzene ring substituents is 1. The molecule has 0 aliphatic carbocycles. The van der Waals surface area contributed by atoms with Gasteiger partial charge in [-0.25, -0.2) is 0 Å². The van der Waals surface area contributed by atoms with Gasteiger partial charge >= 0.3 is 6.18 Å². The van der Waals surface area contributed by atoms with Gasteiger partial charge in [-0.1, -0.05) is 0 Å². The summed E-state index contributed by atoms with van der Waals surface area (Å²) in [5.41, 5.74) is -0.990. The highest BCUT2D eigenvalue weighted by Gasteiger charge is 2.32. The number of aryl methyl sites for hydroxylation is 1. The number of alkyl halides is 3. The van der Waals surface area contributed by atoms with Crippen molar-refractivity contribution in [2.45, 2.75) is 19.5 Å². The zero-order valence-corrected chi connectivity index (χ0v) is 13.2. The average Bonchev–Trinajstić information content (AvgIpc) is 2.87. The number of fused-ring (bicyclic) bond motifs is 1. The van der Waals surface area contributed by atoms with Crippen molar-refractivity contribution in [2.75, 3.05) is 0 Å². The number of nitro benzene ring substituents is 1. The van der Waals surface area contributed by atoms with Crippen LogP contribution in [0, 0.1) is 17.0 Å². The molecular formula is C15H11F3N4O4. The first-order valence-electron chi connectivity index (χ1n) is 7.23. The Balaban J connectivity index is 2.21. The van der Waals surface area contributed by atoms with Crippen LogP contribution in [0.15, 0.2) is 29.1 Å². The predicted octanol–water partition coefficient (Wildman–Crippen LogP) is 2.72. The van der Waals surface area contributed by atoms with Crippen molar-refractivity contribution >= 4 is 11.3 Å². The highest BCUT2D eigenvalue weighted by atomic mass is 19.4. The van der Waals surface area contributed by atoms with E-state index in [1.54, 1.807) is 0 Å². The Bertz CT molecular complexity index is 1070. The lowest BCUT2D eigenvalue weighted by molar-refractivity contribution is -0.384. The number of halogens is 3. The number of H-pyrrole nitrogens is 1. The second-order valence-corrected chi connectivity index (χ2v) is 5.57. The Morgan fingerprint density at radius 1 is 1.31 bits per heavy atom.